The van der Waals surface area contributed by atoms with Crippen LogP contribution < -0.4 is 10.4 Å². The highest BCUT2D eigenvalue weighted by Crippen LogP contribution is 2.30. The summed E-state index contributed by atoms with van der Waals surface area (Å²) >= 11 is 5.89. The maximum Gasteiger partial charge on any atom is 0.348 e. The lowest BCUT2D eigenvalue weighted by Gasteiger charge is -2.14. The molecule has 0 saturated carbocycles. The minimum Gasteiger partial charge on any atom is -0.497 e. The van der Waals surface area contributed by atoms with Crippen LogP contribution in [-0.4, -0.2) is 21.6 Å². The molecule has 0 aliphatic heterocycles. The molecule has 0 atom stereocenters. The lowest BCUT2D eigenvalue weighted by atomic mass is 9.99. The molecule has 30 heavy (non-hydrogen) atoms. The molecule has 0 unspecified atom stereocenters. The first kappa shape index (κ1) is 20.1. The Bertz CT molecular complexity index is 1250. The van der Waals surface area contributed by atoms with Gasteiger partial charge in [-0.2, -0.15) is 4.98 Å². The van der Waals surface area contributed by atoms with Crippen LogP contribution in [0.15, 0.2) is 65.6 Å². The molecule has 2 heterocycles. The number of methoxy groups -OCH3 is 1. The number of hydrogen-bond donors (Lipinski definition) is 0. The number of ether oxygens (including phenoxy) is 1. The standard InChI is InChI=1S/C24H22ClN3O2/c1-15(2)17-5-7-18(8-6-17)23-20-12-19(30-3)9-10-21(20)28(24(29)27-23)14-16-4-11-22(25)26-13-16/h4-13,15H,14H2,1-3H3. The molecular weight excluding hydrogens is 398 g/mol. The molecule has 2 aromatic heterocycles. The smallest absolute Gasteiger partial charge is 0.348 e. The van der Waals surface area contributed by atoms with Crippen LogP contribution in [0.4, 0.5) is 0 Å². The van der Waals surface area contributed by atoms with E-state index in [0.29, 0.717) is 29.1 Å². The summed E-state index contributed by atoms with van der Waals surface area (Å²) in [6.45, 7) is 4.66. The van der Waals surface area contributed by atoms with E-state index in [0.717, 1.165) is 22.0 Å². The fraction of sp³-hybridized carbons (Fsp3) is 0.208. The molecule has 0 radical (unpaired) electrons. The highest BCUT2D eigenvalue weighted by atomic mass is 35.5. The molecule has 0 N–H and O–H groups in total. The number of halogens is 1. The first-order chi connectivity index (χ1) is 14.5. The van der Waals surface area contributed by atoms with E-state index in [1.807, 2.05) is 36.4 Å². The lowest BCUT2D eigenvalue weighted by molar-refractivity contribution is 0.415. The molecule has 152 valence electrons. The first-order valence-electron chi connectivity index (χ1n) is 9.75. The summed E-state index contributed by atoms with van der Waals surface area (Å²) in [7, 11) is 1.63. The van der Waals surface area contributed by atoms with Crippen molar-refractivity contribution in [2.45, 2.75) is 26.3 Å². The van der Waals surface area contributed by atoms with Gasteiger partial charge in [-0.3, -0.25) is 4.57 Å². The normalized spacial score (nSPS) is 11.2. The third kappa shape index (κ3) is 3.94. The molecule has 4 rings (SSSR count). The third-order valence-electron chi connectivity index (χ3n) is 5.17. The molecule has 6 heteroatoms. The molecule has 0 spiro atoms. The molecule has 5 nitrogen and oxygen atoms in total. The summed E-state index contributed by atoms with van der Waals surface area (Å²) in [6.07, 6.45) is 1.67. The van der Waals surface area contributed by atoms with Crippen molar-refractivity contribution >= 4 is 22.5 Å². The molecule has 0 fully saturated rings. The average molecular weight is 420 g/mol. The SMILES string of the molecule is COc1ccc2c(c1)c(-c1ccc(C(C)C)cc1)nc(=O)n2Cc1ccc(Cl)nc1. The van der Waals surface area contributed by atoms with Gasteiger partial charge in [-0.25, -0.2) is 9.78 Å². The molecule has 0 aliphatic carbocycles. The van der Waals surface area contributed by atoms with Crippen LogP contribution in [0.2, 0.25) is 5.15 Å². The number of pyridine rings is 1. The van der Waals surface area contributed by atoms with E-state index in [-0.39, 0.29) is 5.69 Å². The Balaban J connectivity index is 1.89. The number of rotatable bonds is 5. The van der Waals surface area contributed by atoms with Gasteiger partial charge in [0.05, 0.1) is 24.9 Å². The molecule has 0 saturated heterocycles. The highest BCUT2D eigenvalue weighted by molar-refractivity contribution is 6.29. The van der Waals surface area contributed by atoms with Gasteiger partial charge in [0.25, 0.3) is 0 Å². The number of nitrogens with zero attached hydrogens (tertiary/aromatic N) is 3. The van der Waals surface area contributed by atoms with Crippen LogP contribution in [0.1, 0.15) is 30.9 Å². The van der Waals surface area contributed by atoms with Gasteiger partial charge in [-0.15, -0.1) is 0 Å². The van der Waals surface area contributed by atoms with Crippen LogP contribution in [0, 0.1) is 0 Å². The zero-order valence-electron chi connectivity index (χ0n) is 17.1. The van der Waals surface area contributed by atoms with Gasteiger partial charge in [0.15, 0.2) is 0 Å². The van der Waals surface area contributed by atoms with Gasteiger partial charge >= 0.3 is 5.69 Å². The maximum absolute atomic E-state index is 13.0. The second-order valence-electron chi connectivity index (χ2n) is 7.48. The quantitative estimate of drug-likeness (QED) is 0.412. The zero-order chi connectivity index (χ0) is 21.3. The Morgan fingerprint density at radius 3 is 2.47 bits per heavy atom. The molecule has 0 aliphatic rings. The largest absolute Gasteiger partial charge is 0.497 e. The summed E-state index contributed by atoms with van der Waals surface area (Å²) in [6, 6.07) is 17.4. The van der Waals surface area contributed by atoms with Crippen molar-refractivity contribution in [2.24, 2.45) is 0 Å². The van der Waals surface area contributed by atoms with Crippen molar-refractivity contribution in [2.75, 3.05) is 7.11 Å². The fourth-order valence-electron chi connectivity index (χ4n) is 3.47. The topological polar surface area (TPSA) is 57.0 Å². The van der Waals surface area contributed by atoms with Crippen molar-refractivity contribution in [3.05, 3.63) is 87.6 Å². The van der Waals surface area contributed by atoms with E-state index in [4.69, 9.17) is 16.3 Å². The monoisotopic (exact) mass is 419 g/mol. The average Bonchev–Trinajstić information content (AvgIpc) is 2.76. The number of benzene rings is 2. The molecule has 2 aromatic carbocycles. The van der Waals surface area contributed by atoms with E-state index in [9.17, 15) is 4.79 Å². The Kier molecular flexibility index (Phi) is 5.55. The Hall–Kier alpha value is -3.18. The van der Waals surface area contributed by atoms with E-state index in [1.54, 1.807) is 23.9 Å². The van der Waals surface area contributed by atoms with Gasteiger partial charge in [0.2, 0.25) is 0 Å². The van der Waals surface area contributed by atoms with E-state index < -0.39 is 0 Å². The predicted molar refractivity (Wildman–Crippen MR) is 120 cm³/mol. The van der Waals surface area contributed by atoms with Gasteiger partial charge in [0, 0.05) is 17.1 Å². The summed E-state index contributed by atoms with van der Waals surface area (Å²) in [5.74, 6) is 1.15. The van der Waals surface area contributed by atoms with Crippen molar-refractivity contribution in [1.29, 1.82) is 0 Å². The third-order valence-corrected chi connectivity index (χ3v) is 5.39. The predicted octanol–water partition coefficient (Wildman–Crippen LogP) is 5.29. The van der Waals surface area contributed by atoms with Gasteiger partial charge in [-0.05, 0) is 41.3 Å². The van der Waals surface area contributed by atoms with E-state index >= 15 is 0 Å². The van der Waals surface area contributed by atoms with Crippen molar-refractivity contribution in [3.63, 3.8) is 0 Å². The molecular formula is C24H22ClN3O2. The molecule has 0 amide bonds. The number of fused-ring (bicyclic) bond motifs is 1. The minimum atomic E-state index is -0.314. The van der Waals surface area contributed by atoms with Crippen LogP contribution >= 0.6 is 11.6 Å². The first-order valence-corrected chi connectivity index (χ1v) is 10.1. The van der Waals surface area contributed by atoms with Gasteiger partial charge < -0.3 is 4.74 Å². The van der Waals surface area contributed by atoms with Crippen LogP contribution in [0.25, 0.3) is 22.2 Å². The number of aromatic nitrogens is 3. The molecule has 0 bridgehead atoms. The van der Waals surface area contributed by atoms with Crippen LogP contribution in [0.3, 0.4) is 0 Å². The summed E-state index contributed by atoms with van der Waals surface area (Å²) in [5.41, 5.74) is 4.13. The maximum atomic E-state index is 13.0. The van der Waals surface area contributed by atoms with Gasteiger partial charge in [0.1, 0.15) is 10.9 Å². The number of hydrogen-bond acceptors (Lipinski definition) is 4. The Morgan fingerprint density at radius 2 is 1.83 bits per heavy atom. The Labute approximate surface area is 179 Å². The summed E-state index contributed by atoms with van der Waals surface area (Å²) < 4.78 is 7.07. The van der Waals surface area contributed by atoms with E-state index in [2.05, 4.69) is 35.9 Å². The van der Waals surface area contributed by atoms with Gasteiger partial charge in [-0.1, -0.05) is 55.8 Å². The van der Waals surface area contributed by atoms with Crippen LogP contribution in [-0.2, 0) is 6.54 Å². The second-order valence-corrected chi connectivity index (χ2v) is 7.87. The van der Waals surface area contributed by atoms with Crippen LogP contribution in [0.5, 0.6) is 5.75 Å². The highest BCUT2D eigenvalue weighted by Gasteiger charge is 2.14. The van der Waals surface area contributed by atoms with Crippen molar-refractivity contribution in [1.82, 2.24) is 14.5 Å². The Morgan fingerprint density at radius 1 is 1.07 bits per heavy atom. The van der Waals surface area contributed by atoms with E-state index in [1.165, 1.54) is 5.56 Å². The molecule has 4 aromatic rings. The fourth-order valence-corrected chi connectivity index (χ4v) is 3.58. The minimum absolute atomic E-state index is 0.314. The summed E-state index contributed by atoms with van der Waals surface area (Å²) in [4.78, 5) is 21.6. The summed E-state index contributed by atoms with van der Waals surface area (Å²) in [5, 5.41) is 1.27. The van der Waals surface area contributed by atoms with Crippen molar-refractivity contribution in [3.8, 4) is 17.0 Å². The second kappa shape index (κ2) is 8.28. The lowest BCUT2D eigenvalue weighted by Crippen LogP contribution is -2.24. The zero-order valence-corrected chi connectivity index (χ0v) is 17.8. The van der Waals surface area contributed by atoms with Crippen molar-refractivity contribution < 1.29 is 4.74 Å².